The quantitative estimate of drug-likeness (QED) is 0.819. The molecule has 1 aliphatic rings. The lowest BCUT2D eigenvalue weighted by Gasteiger charge is -2.30. The first-order valence-corrected chi connectivity index (χ1v) is 8.87. The lowest BCUT2D eigenvalue weighted by molar-refractivity contribution is 0.344. The molecular formula is C16H21NS2. The Balaban J connectivity index is 1.81. The van der Waals surface area contributed by atoms with E-state index in [1.165, 1.54) is 24.1 Å². The highest BCUT2D eigenvalue weighted by atomic mass is 32.1. The lowest BCUT2D eigenvalue weighted by Crippen LogP contribution is -2.31. The molecular weight excluding hydrogens is 270 g/mol. The van der Waals surface area contributed by atoms with Crippen LogP contribution in [0.5, 0.6) is 0 Å². The molecule has 2 heterocycles. The summed E-state index contributed by atoms with van der Waals surface area (Å²) in [4.78, 5) is 3.06. The van der Waals surface area contributed by atoms with Crippen LogP contribution in [0.4, 0.5) is 0 Å². The zero-order valence-electron chi connectivity index (χ0n) is 11.6. The molecule has 0 aromatic carbocycles. The van der Waals surface area contributed by atoms with Crippen molar-refractivity contribution >= 4 is 22.7 Å². The summed E-state index contributed by atoms with van der Waals surface area (Å²) in [6.45, 7) is 4.63. The Morgan fingerprint density at radius 2 is 2.11 bits per heavy atom. The molecule has 0 saturated heterocycles. The molecule has 0 spiro atoms. The number of aryl methyl sites for hydroxylation is 1. The molecule has 0 saturated carbocycles. The Hall–Kier alpha value is -0.640. The first-order chi connectivity index (χ1) is 9.25. The molecule has 19 heavy (non-hydrogen) atoms. The van der Waals surface area contributed by atoms with E-state index in [4.69, 9.17) is 0 Å². The van der Waals surface area contributed by atoms with Gasteiger partial charge in [-0.3, -0.25) is 0 Å². The third kappa shape index (κ3) is 2.78. The summed E-state index contributed by atoms with van der Waals surface area (Å²) in [5.41, 5.74) is 1.55. The smallest absolute Gasteiger partial charge is 0.0442 e. The van der Waals surface area contributed by atoms with Crippen molar-refractivity contribution in [3.63, 3.8) is 0 Å². The molecule has 3 heteroatoms. The van der Waals surface area contributed by atoms with Gasteiger partial charge in [0.1, 0.15) is 0 Å². The van der Waals surface area contributed by atoms with Crippen molar-refractivity contribution in [3.05, 3.63) is 44.3 Å². The van der Waals surface area contributed by atoms with Crippen molar-refractivity contribution in [1.82, 2.24) is 5.32 Å². The van der Waals surface area contributed by atoms with E-state index >= 15 is 0 Å². The van der Waals surface area contributed by atoms with Crippen molar-refractivity contribution in [2.24, 2.45) is 5.92 Å². The van der Waals surface area contributed by atoms with E-state index in [-0.39, 0.29) is 0 Å². The third-order valence-electron chi connectivity index (χ3n) is 3.95. The van der Waals surface area contributed by atoms with E-state index in [1.807, 2.05) is 22.7 Å². The van der Waals surface area contributed by atoms with Crippen LogP contribution in [0.25, 0.3) is 0 Å². The minimum absolute atomic E-state index is 0.482. The predicted molar refractivity (Wildman–Crippen MR) is 85.0 cm³/mol. The number of thiophene rings is 2. The van der Waals surface area contributed by atoms with Crippen LogP contribution < -0.4 is 5.32 Å². The molecule has 2 unspecified atom stereocenters. The molecule has 0 aliphatic heterocycles. The van der Waals surface area contributed by atoms with Gasteiger partial charge in [0.15, 0.2) is 0 Å². The molecule has 3 rings (SSSR count). The third-order valence-corrected chi connectivity index (χ3v) is 5.90. The van der Waals surface area contributed by atoms with E-state index in [9.17, 15) is 0 Å². The van der Waals surface area contributed by atoms with Gasteiger partial charge in [-0.1, -0.05) is 19.9 Å². The van der Waals surface area contributed by atoms with Gasteiger partial charge in [-0.2, -0.15) is 0 Å². The van der Waals surface area contributed by atoms with Gasteiger partial charge in [-0.05, 0) is 53.6 Å². The van der Waals surface area contributed by atoms with Gasteiger partial charge in [-0.15, -0.1) is 22.7 Å². The van der Waals surface area contributed by atoms with E-state index in [0.29, 0.717) is 18.0 Å². The van der Waals surface area contributed by atoms with Gasteiger partial charge in [0.25, 0.3) is 0 Å². The Kier molecular flexibility index (Phi) is 4.06. The molecule has 2 aromatic heterocycles. The van der Waals surface area contributed by atoms with Crippen molar-refractivity contribution in [2.45, 2.75) is 45.2 Å². The van der Waals surface area contributed by atoms with Crippen molar-refractivity contribution < 1.29 is 0 Å². The van der Waals surface area contributed by atoms with Crippen molar-refractivity contribution in [3.8, 4) is 0 Å². The van der Waals surface area contributed by atoms with Gasteiger partial charge in [0, 0.05) is 21.8 Å². The molecule has 0 bridgehead atoms. The molecule has 1 N–H and O–H groups in total. The monoisotopic (exact) mass is 291 g/mol. The van der Waals surface area contributed by atoms with Crippen LogP contribution in [-0.4, -0.2) is 0 Å². The highest BCUT2D eigenvalue weighted by molar-refractivity contribution is 7.10. The Morgan fingerprint density at radius 1 is 1.21 bits per heavy atom. The molecule has 0 radical (unpaired) electrons. The topological polar surface area (TPSA) is 12.0 Å². The fourth-order valence-electron chi connectivity index (χ4n) is 2.95. The number of hydrogen-bond donors (Lipinski definition) is 1. The van der Waals surface area contributed by atoms with Crippen LogP contribution in [0.2, 0.25) is 0 Å². The van der Waals surface area contributed by atoms with E-state index < -0.39 is 0 Å². The van der Waals surface area contributed by atoms with Crippen LogP contribution >= 0.6 is 22.7 Å². The predicted octanol–water partition coefficient (Wildman–Crippen LogP) is 5.17. The number of rotatable bonds is 4. The standard InChI is InChI=1S/C16H21NS2/c1-11(2)16(15-7-4-9-18-15)17-13-5-3-6-14-12(13)8-10-19-14/h4,7-11,13,16-17H,3,5-6H2,1-2H3. The van der Waals surface area contributed by atoms with Crippen LogP contribution in [0, 0.1) is 5.92 Å². The maximum atomic E-state index is 3.92. The second-order valence-electron chi connectivity index (χ2n) is 5.65. The number of fused-ring (bicyclic) bond motifs is 1. The first kappa shape index (κ1) is 13.3. The van der Waals surface area contributed by atoms with Crippen LogP contribution in [-0.2, 0) is 6.42 Å². The Morgan fingerprint density at radius 3 is 2.84 bits per heavy atom. The van der Waals surface area contributed by atoms with Crippen LogP contribution in [0.3, 0.4) is 0 Å². The number of nitrogens with one attached hydrogen (secondary N) is 1. The average Bonchev–Trinajstić information content (AvgIpc) is 3.06. The van der Waals surface area contributed by atoms with E-state index in [0.717, 1.165) is 0 Å². The summed E-state index contributed by atoms with van der Waals surface area (Å²) in [6.07, 6.45) is 3.87. The average molecular weight is 291 g/mol. The Bertz CT molecular complexity index is 513. The zero-order valence-corrected chi connectivity index (χ0v) is 13.2. The summed E-state index contributed by atoms with van der Waals surface area (Å²) in [5, 5.41) is 8.35. The molecule has 1 aliphatic carbocycles. The second-order valence-corrected chi connectivity index (χ2v) is 7.63. The first-order valence-electron chi connectivity index (χ1n) is 7.11. The van der Waals surface area contributed by atoms with Crippen LogP contribution in [0.15, 0.2) is 29.0 Å². The van der Waals surface area contributed by atoms with E-state index in [1.54, 1.807) is 10.4 Å². The second kappa shape index (κ2) is 5.78. The highest BCUT2D eigenvalue weighted by Gasteiger charge is 2.26. The Labute approximate surface area is 123 Å². The highest BCUT2D eigenvalue weighted by Crippen LogP contribution is 2.36. The summed E-state index contributed by atoms with van der Waals surface area (Å²) >= 11 is 3.80. The van der Waals surface area contributed by atoms with Gasteiger partial charge >= 0.3 is 0 Å². The summed E-state index contributed by atoms with van der Waals surface area (Å²) < 4.78 is 0. The van der Waals surface area contributed by atoms with Crippen LogP contribution in [0.1, 0.15) is 54.1 Å². The van der Waals surface area contributed by atoms with Gasteiger partial charge in [0.05, 0.1) is 0 Å². The minimum atomic E-state index is 0.482. The fraction of sp³-hybridized carbons (Fsp3) is 0.500. The maximum Gasteiger partial charge on any atom is 0.0442 e. The van der Waals surface area contributed by atoms with Gasteiger partial charge in [-0.25, -0.2) is 0 Å². The maximum absolute atomic E-state index is 3.92. The summed E-state index contributed by atoms with van der Waals surface area (Å²) in [7, 11) is 0. The summed E-state index contributed by atoms with van der Waals surface area (Å²) in [5.74, 6) is 0.627. The molecule has 102 valence electrons. The summed E-state index contributed by atoms with van der Waals surface area (Å²) in [6, 6.07) is 7.77. The largest absolute Gasteiger partial charge is 0.302 e. The van der Waals surface area contributed by atoms with Crippen molar-refractivity contribution in [2.75, 3.05) is 0 Å². The number of hydrogen-bond acceptors (Lipinski definition) is 3. The van der Waals surface area contributed by atoms with E-state index in [2.05, 4.69) is 48.1 Å². The lowest BCUT2D eigenvalue weighted by atomic mass is 9.91. The molecule has 2 aromatic rings. The SMILES string of the molecule is CC(C)C(NC1CCCc2sccc21)c1cccs1. The molecule has 0 fully saturated rings. The zero-order chi connectivity index (χ0) is 13.2. The normalized spacial score (nSPS) is 20.5. The molecule has 0 amide bonds. The van der Waals surface area contributed by atoms with Gasteiger partial charge < -0.3 is 5.32 Å². The minimum Gasteiger partial charge on any atom is -0.302 e. The van der Waals surface area contributed by atoms with Gasteiger partial charge in [0.2, 0.25) is 0 Å². The molecule has 1 nitrogen and oxygen atoms in total. The van der Waals surface area contributed by atoms with Crippen molar-refractivity contribution in [1.29, 1.82) is 0 Å². The fourth-order valence-corrected chi connectivity index (χ4v) is 4.89. The molecule has 2 atom stereocenters.